The number of carbonyl (C=O) groups excluding carboxylic acids is 1. The first-order valence-electron chi connectivity index (χ1n) is 6.70. The van der Waals surface area contributed by atoms with E-state index < -0.39 is 10.8 Å². The van der Waals surface area contributed by atoms with Crippen LogP contribution in [-0.2, 0) is 0 Å². The van der Waals surface area contributed by atoms with E-state index in [4.69, 9.17) is 16.0 Å². The van der Waals surface area contributed by atoms with Gasteiger partial charge in [-0.2, -0.15) is 0 Å². The fraction of sp³-hybridized carbons (Fsp3) is 0.0625. The highest BCUT2D eigenvalue weighted by atomic mass is 35.5. The second-order valence-corrected chi connectivity index (χ2v) is 5.39. The van der Waals surface area contributed by atoms with Crippen LogP contribution in [0.25, 0.3) is 11.0 Å². The SMILES string of the molecule is Cc1cc([N+](=O)[O-])c(Cl)cc1NC(=O)c1cc2ccccc2o1. The van der Waals surface area contributed by atoms with Crippen LogP contribution in [-0.4, -0.2) is 10.8 Å². The predicted octanol–water partition coefficient (Wildman–Crippen LogP) is 4.56. The number of rotatable bonds is 3. The molecule has 7 heteroatoms. The zero-order chi connectivity index (χ0) is 16.6. The molecule has 6 nitrogen and oxygen atoms in total. The first-order valence-corrected chi connectivity index (χ1v) is 7.08. The molecule has 0 saturated heterocycles. The number of anilines is 1. The highest BCUT2D eigenvalue weighted by Gasteiger charge is 2.18. The van der Waals surface area contributed by atoms with Gasteiger partial charge >= 0.3 is 0 Å². The summed E-state index contributed by atoms with van der Waals surface area (Å²) in [7, 11) is 0. The molecule has 0 aliphatic rings. The van der Waals surface area contributed by atoms with Gasteiger partial charge in [0.15, 0.2) is 5.76 Å². The van der Waals surface area contributed by atoms with E-state index in [0.29, 0.717) is 16.8 Å². The maximum Gasteiger partial charge on any atom is 0.291 e. The number of hydrogen-bond acceptors (Lipinski definition) is 4. The number of hydrogen-bond donors (Lipinski definition) is 1. The maximum atomic E-state index is 12.3. The topological polar surface area (TPSA) is 85.4 Å². The summed E-state index contributed by atoms with van der Waals surface area (Å²) in [5, 5.41) is 14.3. The molecule has 0 atom stereocenters. The van der Waals surface area contributed by atoms with Gasteiger partial charge in [-0.05, 0) is 30.7 Å². The second-order valence-electron chi connectivity index (χ2n) is 4.98. The van der Waals surface area contributed by atoms with Crippen LogP contribution in [0.3, 0.4) is 0 Å². The largest absolute Gasteiger partial charge is 0.451 e. The van der Waals surface area contributed by atoms with E-state index in [1.807, 2.05) is 18.2 Å². The van der Waals surface area contributed by atoms with E-state index in [1.165, 1.54) is 12.1 Å². The Balaban J connectivity index is 1.90. The number of furan rings is 1. The van der Waals surface area contributed by atoms with E-state index in [1.54, 1.807) is 19.1 Å². The standard InChI is InChI=1S/C16H11ClN2O4/c1-9-6-13(19(21)22)11(17)8-12(9)18-16(20)15-7-10-4-2-3-5-14(10)23-15/h2-8H,1H3,(H,18,20). The van der Waals surface area contributed by atoms with Gasteiger partial charge in [0.2, 0.25) is 0 Å². The van der Waals surface area contributed by atoms with Gasteiger partial charge in [0.1, 0.15) is 10.6 Å². The van der Waals surface area contributed by atoms with Gasteiger partial charge in [-0.3, -0.25) is 14.9 Å². The highest BCUT2D eigenvalue weighted by molar-refractivity contribution is 6.33. The fourth-order valence-electron chi connectivity index (χ4n) is 2.22. The Bertz CT molecular complexity index is 900. The van der Waals surface area contributed by atoms with Gasteiger partial charge in [0, 0.05) is 17.1 Å². The van der Waals surface area contributed by atoms with Gasteiger partial charge in [0.25, 0.3) is 11.6 Å². The summed E-state index contributed by atoms with van der Waals surface area (Å²) in [6.07, 6.45) is 0. The third kappa shape index (κ3) is 2.89. The Morgan fingerprint density at radius 2 is 2.00 bits per heavy atom. The summed E-state index contributed by atoms with van der Waals surface area (Å²) in [6, 6.07) is 11.6. The lowest BCUT2D eigenvalue weighted by molar-refractivity contribution is -0.384. The van der Waals surface area contributed by atoms with Crippen molar-refractivity contribution in [2.45, 2.75) is 6.92 Å². The predicted molar refractivity (Wildman–Crippen MR) is 87.0 cm³/mol. The fourth-order valence-corrected chi connectivity index (χ4v) is 2.45. The summed E-state index contributed by atoms with van der Waals surface area (Å²) in [5.74, 6) is -0.297. The summed E-state index contributed by atoms with van der Waals surface area (Å²) in [6.45, 7) is 1.65. The number of nitrogens with zero attached hydrogens (tertiary/aromatic N) is 1. The molecule has 0 spiro atoms. The van der Waals surface area contributed by atoms with Gasteiger partial charge in [0.05, 0.1) is 4.92 Å². The average molecular weight is 331 g/mol. The van der Waals surface area contributed by atoms with Gasteiger partial charge in [-0.15, -0.1) is 0 Å². The molecule has 0 saturated carbocycles. The van der Waals surface area contributed by atoms with Crippen molar-refractivity contribution in [3.8, 4) is 0 Å². The number of amides is 1. The van der Waals surface area contributed by atoms with Gasteiger partial charge in [-0.1, -0.05) is 29.8 Å². The minimum Gasteiger partial charge on any atom is -0.451 e. The van der Waals surface area contributed by atoms with Crippen LogP contribution in [0.2, 0.25) is 5.02 Å². The lowest BCUT2D eigenvalue weighted by Gasteiger charge is -2.08. The molecule has 23 heavy (non-hydrogen) atoms. The summed E-state index contributed by atoms with van der Waals surface area (Å²) < 4.78 is 5.48. The number of nitro groups is 1. The van der Waals surface area contributed by atoms with Crippen molar-refractivity contribution in [1.29, 1.82) is 0 Å². The van der Waals surface area contributed by atoms with Crippen molar-refractivity contribution < 1.29 is 14.1 Å². The van der Waals surface area contributed by atoms with Crippen molar-refractivity contribution in [2.24, 2.45) is 0 Å². The number of halogens is 1. The van der Waals surface area contributed by atoms with Crippen LogP contribution in [0.15, 0.2) is 46.9 Å². The Morgan fingerprint density at radius 3 is 2.70 bits per heavy atom. The molecule has 0 unspecified atom stereocenters. The normalized spacial score (nSPS) is 10.7. The molecule has 0 bridgehead atoms. The van der Waals surface area contributed by atoms with Crippen LogP contribution < -0.4 is 5.32 Å². The van der Waals surface area contributed by atoms with Gasteiger partial charge in [-0.25, -0.2) is 0 Å². The maximum absolute atomic E-state index is 12.3. The van der Waals surface area contributed by atoms with E-state index in [2.05, 4.69) is 5.32 Å². The molecular weight excluding hydrogens is 320 g/mol. The van der Waals surface area contributed by atoms with E-state index in [-0.39, 0.29) is 16.5 Å². The number of fused-ring (bicyclic) bond motifs is 1. The van der Waals surface area contributed by atoms with E-state index in [0.717, 1.165) is 5.39 Å². The molecule has 3 aromatic rings. The lowest BCUT2D eigenvalue weighted by atomic mass is 10.1. The minimum absolute atomic E-state index is 0.0412. The number of benzene rings is 2. The van der Waals surface area contributed by atoms with Crippen LogP contribution >= 0.6 is 11.6 Å². The molecule has 0 aliphatic heterocycles. The van der Waals surface area contributed by atoms with Crippen molar-refractivity contribution in [2.75, 3.05) is 5.32 Å². The Labute approximate surface area is 135 Å². The number of para-hydroxylation sites is 1. The third-order valence-corrected chi connectivity index (χ3v) is 3.69. The first-order chi connectivity index (χ1) is 11.0. The number of nitro benzene ring substituents is 1. The summed E-state index contributed by atoms with van der Waals surface area (Å²) in [5.41, 5.74) is 1.33. The van der Waals surface area contributed by atoms with Crippen molar-refractivity contribution >= 4 is 39.9 Å². The van der Waals surface area contributed by atoms with Crippen LogP contribution in [0.1, 0.15) is 16.1 Å². The molecule has 1 amide bonds. The zero-order valence-corrected chi connectivity index (χ0v) is 12.8. The summed E-state index contributed by atoms with van der Waals surface area (Å²) >= 11 is 5.87. The molecule has 0 fully saturated rings. The first kappa shape index (κ1) is 15.1. The lowest BCUT2D eigenvalue weighted by Crippen LogP contribution is -2.12. The van der Waals surface area contributed by atoms with E-state index >= 15 is 0 Å². The third-order valence-electron chi connectivity index (χ3n) is 3.39. The molecule has 0 aliphatic carbocycles. The van der Waals surface area contributed by atoms with Crippen molar-refractivity contribution in [3.05, 3.63) is 68.9 Å². The molecule has 0 radical (unpaired) electrons. The minimum atomic E-state index is -0.569. The van der Waals surface area contributed by atoms with Crippen LogP contribution in [0, 0.1) is 17.0 Å². The zero-order valence-electron chi connectivity index (χ0n) is 12.0. The van der Waals surface area contributed by atoms with Crippen LogP contribution in [0.4, 0.5) is 11.4 Å². The van der Waals surface area contributed by atoms with Crippen LogP contribution in [0.5, 0.6) is 0 Å². The monoisotopic (exact) mass is 330 g/mol. The smallest absolute Gasteiger partial charge is 0.291 e. The molecular formula is C16H11ClN2O4. The number of carbonyl (C=O) groups is 1. The highest BCUT2D eigenvalue weighted by Crippen LogP contribution is 2.31. The molecule has 2 aromatic carbocycles. The number of nitrogens with one attached hydrogen (secondary N) is 1. The Morgan fingerprint density at radius 1 is 1.26 bits per heavy atom. The molecule has 1 aromatic heterocycles. The second kappa shape index (κ2) is 5.73. The quantitative estimate of drug-likeness (QED) is 0.563. The van der Waals surface area contributed by atoms with E-state index in [9.17, 15) is 14.9 Å². The average Bonchev–Trinajstić information content (AvgIpc) is 2.94. The Hall–Kier alpha value is -2.86. The molecule has 1 N–H and O–H groups in total. The van der Waals surface area contributed by atoms with Crippen molar-refractivity contribution in [1.82, 2.24) is 0 Å². The number of aryl methyl sites for hydroxylation is 1. The molecule has 116 valence electrons. The summed E-state index contributed by atoms with van der Waals surface area (Å²) in [4.78, 5) is 22.6. The molecule has 1 heterocycles. The molecule has 3 rings (SSSR count). The Kier molecular flexibility index (Phi) is 3.75. The van der Waals surface area contributed by atoms with Crippen molar-refractivity contribution in [3.63, 3.8) is 0 Å². The van der Waals surface area contributed by atoms with Gasteiger partial charge < -0.3 is 9.73 Å².